The molecular formula is C18H29NO2. The Bertz CT molecular complexity index is 455. The molecule has 1 unspecified atom stereocenters. The van der Waals surface area contributed by atoms with E-state index in [1.54, 1.807) is 0 Å². The van der Waals surface area contributed by atoms with E-state index in [2.05, 4.69) is 26.1 Å². The molecule has 1 atom stereocenters. The minimum atomic E-state index is 0.0141. The number of aryl methyl sites for hydroxylation is 1. The monoisotopic (exact) mass is 291 g/mol. The Kier molecular flexibility index (Phi) is 7.27. The molecule has 0 aliphatic carbocycles. The molecule has 0 fully saturated rings. The van der Waals surface area contributed by atoms with Gasteiger partial charge in [0, 0.05) is 11.6 Å². The van der Waals surface area contributed by atoms with Crippen LogP contribution >= 0.6 is 0 Å². The smallest absolute Gasteiger partial charge is 0.251 e. The molecule has 3 nitrogen and oxygen atoms in total. The molecule has 1 rings (SSSR count). The summed E-state index contributed by atoms with van der Waals surface area (Å²) in [5, 5.41) is 3.16. The van der Waals surface area contributed by atoms with Crippen molar-refractivity contribution < 1.29 is 9.53 Å². The summed E-state index contributed by atoms with van der Waals surface area (Å²) in [6.45, 7) is 11.1. The fraction of sp³-hybridized carbons (Fsp3) is 0.611. The minimum Gasteiger partial charge on any atom is -0.494 e. The number of amides is 1. The van der Waals surface area contributed by atoms with Gasteiger partial charge in [0.15, 0.2) is 0 Å². The zero-order chi connectivity index (χ0) is 15.8. The maximum atomic E-state index is 12.4. The molecule has 0 saturated heterocycles. The van der Waals surface area contributed by atoms with E-state index in [9.17, 15) is 4.79 Å². The molecule has 0 bridgehead atoms. The molecular weight excluding hydrogens is 262 g/mol. The third-order valence-corrected chi connectivity index (χ3v) is 3.47. The van der Waals surface area contributed by atoms with Gasteiger partial charge in [-0.1, -0.05) is 27.2 Å². The SMILES string of the molecule is CCCC(CC(C)C)NC(=O)c1ccc(OCC)c(C)c1. The number of benzene rings is 1. The first-order valence-electron chi connectivity index (χ1n) is 8.02. The largest absolute Gasteiger partial charge is 0.494 e. The lowest BCUT2D eigenvalue weighted by molar-refractivity contribution is 0.0929. The first-order chi connectivity index (χ1) is 9.97. The van der Waals surface area contributed by atoms with E-state index in [4.69, 9.17) is 4.74 Å². The fourth-order valence-corrected chi connectivity index (χ4v) is 2.54. The molecule has 0 radical (unpaired) electrons. The van der Waals surface area contributed by atoms with E-state index in [0.29, 0.717) is 18.1 Å². The van der Waals surface area contributed by atoms with Crippen LogP contribution in [0.5, 0.6) is 5.75 Å². The lowest BCUT2D eigenvalue weighted by Crippen LogP contribution is -2.35. The third-order valence-electron chi connectivity index (χ3n) is 3.47. The number of carbonyl (C=O) groups excluding carboxylic acids is 1. The van der Waals surface area contributed by atoms with Crippen LogP contribution in [0.25, 0.3) is 0 Å². The molecule has 0 aliphatic rings. The standard InChI is InChI=1S/C18H29NO2/c1-6-8-16(11-13(3)4)19-18(20)15-9-10-17(21-7-2)14(5)12-15/h9-10,12-13,16H,6-8,11H2,1-5H3,(H,19,20). The Morgan fingerprint density at radius 2 is 2.00 bits per heavy atom. The first-order valence-corrected chi connectivity index (χ1v) is 8.02. The van der Waals surface area contributed by atoms with Crippen LogP contribution in [0, 0.1) is 12.8 Å². The Balaban J connectivity index is 2.75. The van der Waals surface area contributed by atoms with Gasteiger partial charge in [0.25, 0.3) is 5.91 Å². The summed E-state index contributed by atoms with van der Waals surface area (Å²) >= 11 is 0. The summed E-state index contributed by atoms with van der Waals surface area (Å²) < 4.78 is 5.51. The van der Waals surface area contributed by atoms with Gasteiger partial charge in [0.05, 0.1) is 6.61 Å². The van der Waals surface area contributed by atoms with Gasteiger partial charge < -0.3 is 10.1 Å². The molecule has 3 heteroatoms. The summed E-state index contributed by atoms with van der Waals surface area (Å²) in [5.41, 5.74) is 1.71. The molecule has 1 amide bonds. The van der Waals surface area contributed by atoms with Crippen LogP contribution in [-0.2, 0) is 0 Å². The van der Waals surface area contributed by atoms with Crippen molar-refractivity contribution in [3.05, 3.63) is 29.3 Å². The lowest BCUT2D eigenvalue weighted by Gasteiger charge is -2.20. The molecule has 0 aromatic heterocycles. The molecule has 0 spiro atoms. The number of hydrogen-bond donors (Lipinski definition) is 1. The Morgan fingerprint density at radius 1 is 1.29 bits per heavy atom. The van der Waals surface area contributed by atoms with Gasteiger partial charge >= 0.3 is 0 Å². The van der Waals surface area contributed by atoms with E-state index in [0.717, 1.165) is 30.6 Å². The highest BCUT2D eigenvalue weighted by Gasteiger charge is 2.15. The Hall–Kier alpha value is -1.51. The maximum absolute atomic E-state index is 12.4. The lowest BCUT2D eigenvalue weighted by atomic mass is 9.99. The predicted molar refractivity (Wildman–Crippen MR) is 88.0 cm³/mol. The number of rotatable bonds is 8. The van der Waals surface area contributed by atoms with Gasteiger partial charge in [-0.2, -0.15) is 0 Å². The van der Waals surface area contributed by atoms with Crippen molar-refractivity contribution in [2.45, 2.75) is 59.9 Å². The average molecular weight is 291 g/mol. The van der Waals surface area contributed by atoms with E-state index >= 15 is 0 Å². The fourth-order valence-electron chi connectivity index (χ4n) is 2.54. The molecule has 0 heterocycles. The van der Waals surface area contributed by atoms with Gasteiger partial charge in [-0.3, -0.25) is 4.79 Å². The van der Waals surface area contributed by atoms with Crippen LogP contribution in [-0.4, -0.2) is 18.6 Å². The molecule has 1 aromatic rings. The zero-order valence-electron chi connectivity index (χ0n) is 14.0. The molecule has 1 aromatic carbocycles. The second kappa shape index (κ2) is 8.71. The highest BCUT2D eigenvalue weighted by Crippen LogP contribution is 2.19. The Labute approximate surface area is 129 Å². The maximum Gasteiger partial charge on any atom is 0.251 e. The molecule has 1 N–H and O–H groups in total. The summed E-state index contributed by atoms with van der Waals surface area (Å²) in [6, 6.07) is 5.88. The van der Waals surface area contributed by atoms with Crippen molar-refractivity contribution in [1.82, 2.24) is 5.32 Å². The predicted octanol–water partition coefficient (Wildman–Crippen LogP) is 4.34. The van der Waals surface area contributed by atoms with Crippen molar-refractivity contribution in [3.63, 3.8) is 0 Å². The summed E-state index contributed by atoms with van der Waals surface area (Å²) in [6.07, 6.45) is 3.13. The van der Waals surface area contributed by atoms with E-state index in [1.165, 1.54) is 0 Å². The van der Waals surface area contributed by atoms with E-state index < -0.39 is 0 Å². The highest BCUT2D eigenvalue weighted by molar-refractivity contribution is 5.94. The van der Waals surface area contributed by atoms with E-state index in [-0.39, 0.29) is 11.9 Å². The molecule has 21 heavy (non-hydrogen) atoms. The zero-order valence-corrected chi connectivity index (χ0v) is 14.0. The second-order valence-corrected chi connectivity index (χ2v) is 6.00. The van der Waals surface area contributed by atoms with Crippen molar-refractivity contribution >= 4 is 5.91 Å². The summed E-state index contributed by atoms with van der Waals surface area (Å²) in [5.74, 6) is 1.45. The van der Waals surface area contributed by atoms with Crippen LogP contribution in [0.15, 0.2) is 18.2 Å². The van der Waals surface area contributed by atoms with Crippen molar-refractivity contribution in [2.24, 2.45) is 5.92 Å². The van der Waals surface area contributed by atoms with Crippen LogP contribution in [0.2, 0.25) is 0 Å². The van der Waals surface area contributed by atoms with Gasteiger partial charge in [-0.25, -0.2) is 0 Å². The highest BCUT2D eigenvalue weighted by atomic mass is 16.5. The minimum absolute atomic E-state index is 0.0141. The van der Waals surface area contributed by atoms with Crippen LogP contribution in [0.1, 0.15) is 62.9 Å². The number of carbonyl (C=O) groups is 1. The summed E-state index contributed by atoms with van der Waals surface area (Å²) in [4.78, 5) is 12.4. The van der Waals surface area contributed by atoms with Gasteiger partial charge in [0.2, 0.25) is 0 Å². The summed E-state index contributed by atoms with van der Waals surface area (Å²) in [7, 11) is 0. The van der Waals surface area contributed by atoms with Gasteiger partial charge in [-0.05, 0) is 56.4 Å². The van der Waals surface area contributed by atoms with Crippen molar-refractivity contribution in [2.75, 3.05) is 6.61 Å². The van der Waals surface area contributed by atoms with Gasteiger partial charge in [-0.15, -0.1) is 0 Å². The Morgan fingerprint density at radius 3 is 2.52 bits per heavy atom. The number of hydrogen-bond acceptors (Lipinski definition) is 2. The average Bonchev–Trinajstić information content (AvgIpc) is 2.40. The van der Waals surface area contributed by atoms with Crippen molar-refractivity contribution in [1.29, 1.82) is 0 Å². The van der Waals surface area contributed by atoms with Gasteiger partial charge in [0.1, 0.15) is 5.75 Å². The quantitative estimate of drug-likeness (QED) is 0.774. The van der Waals surface area contributed by atoms with Crippen LogP contribution < -0.4 is 10.1 Å². The third kappa shape index (κ3) is 5.78. The van der Waals surface area contributed by atoms with Crippen LogP contribution in [0.4, 0.5) is 0 Å². The topological polar surface area (TPSA) is 38.3 Å². The number of ether oxygens (including phenoxy) is 1. The first kappa shape index (κ1) is 17.5. The van der Waals surface area contributed by atoms with Crippen molar-refractivity contribution in [3.8, 4) is 5.75 Å². The number of nitrogens with one attached hydrogen (secondary N) is 1. The molecule has 118 valence electrons. The van der Waals surface area contributed by atoms with E-state index in [1.807, 2.05) is 32.0 Å². The molecule has 0 aliphatic heterocycles. The van der Waals surface area contributed by atoms with Crippen LogP contribution in [0.3, 0.4) is 0 Å². The second-order valence-electron chi connectivity index (χ2n) is 6.00. The molecule has 0 saturated carbocycles. The normalized spacial score (nSPS) is 12.3.